The molecule has 0 aliphatic rings. The smallest absolute Gasteiger partial charge is 0.243 e. The fourth-order valence-electron chi connectivity index (χ4n) is 2.63. The van der Waals surface area contributed by atoms with Gasteiger partial charge in [0, 0.05) is 16.0 Å². The Morgan fingerprint density at radius 2 is 2.00 bits per heavy atom. The maximum atomic E-state index is 14.2. The molecule has 0 saturated carbocycles. The number of carbonyl (C=O) groups excluding carboxylic acids is 1. The Morgan fingerprint density at radius 3 is 2.72 bits per heavy atom. The average molecular weight is 377 g/mol. The molecule has 0 unspecified atom stereocenters. The van der Waals surface area contributed by atoms with Crippen LogP contribution in [0, 0.1) is 12.7 Å². The van der Waals surface area contributed by atoms with E-state index in [0.29, 0.717) is 21.9 Å². The first-order valence-corrected chi connectivity index (χ1v) is 8.57. The summed E-state index contributed by atoms with van der Waals surface area (Å²) in [5.74, 6) is -0.499. The molecule has 128 valence electrons. The number of nitrogens with zero attached hydrogens (tertiary/aromatic N) is 2. The number of halogens is 3. The molecule has 2 aromatic carbocycles. The fraction of sp³-hybridized carbons (Fsp3) is 0.158. The third-order valence-corrected chi connectivity index (χ3v) is 4.46. The van der Waals surface area contributed by atoms with Crippen LogP contribution in [0.25, 0.3) is 10.9 Å². The summed E-state index contributed by atoms with van der Waals surface area (Å²) in [4.78, 5) is 18.2. The van der Waals surface area contributed by atoms with Gasteiger partial charge in [-0.05, 0) is 48.9 Å². The standard InChI is InChI=1S/C19H15Cl2FN2O/c1-12-3-2-4-16(22)15(12)11-24(19(25)10-20)18-8-5-13-9-14(21)6-7-17(13)23-18/h2-9H,10-11H2,1H3. The molecule has 0 N–H and O–H groups in total. The molecule has 0 fully saturated rings. The second kappa shape index (κ2) is 7.38. The summed E-state index contributed by atoms with van der Waals surface area (Å²) in [6, 6.07) is 13.7. The third kappa shape index (κ3) is 3.75. The highest BCUT2D eigenvalue weighted by Crippen LogP contribution is 2.24. The summed E-state index contributed by atoms with van der Waals surface area (Å²) in [6.07, 6.45) is 0. The van der Waals surface area contributed by atoms with Gasteiger partial charge < -0.3 is 0 Å². The van der Waals surface area contributed by atoms with Crippen LogP contribution >= 0.6 is 23.2 Å². The normalized spacial score (nSPS) is 10.9. The highest BCUT2D eigenvalue weighted by atomic mass is 35.5. The number of pyridine rings is 1. The Labute approximate surface area is 155 Å². The zero-order chi connectivity index (χ0) is 18.0. The molecular formula is C19H15Cl2FN2O. The van der Waals surface area contributed by atoms with Gasteiger partial charge in [-0.2, -0.15) is 0 Å². The Kier molecular flexibility index (Phi) is 5.21. The van der Waals surface area contributed by atoms with Crippen LogP contribution in [0.2, 0.25) is 5.02 Å². The zero-order valence-corrected chi connectivity index (χ0v) is 15.0. The fourth-order valence-corrected chi connectivity index (χ4v) is 2.95. The number of hydrogen-bond donors (Lipinski definition) is 0. The lowest BCUT2D eigenvalue weighted by Gasteiger charge is -2.22. The molecule has 1 heterocycles. The number of benzene rings is 2. The van der Waals surface area contributed by atoms with Crippen molar-refractivity contribution in [2.24, 2.45) is 0 Å². The first-order chi connectivity index (χ1) is 12.0. The lowest BCUT2D eigenvalue weighted by Crippen LogP contribution is -2.32. The van der Waals surface area contributed by atoms with Gasteiger partial charge >= 0.3 is 0 Å². The number of rotatable bonds is 4. The van der Waals surface area contributed by atoms with Crippen LogP contribution in [0.15, 0.2) is 48.5 Å². The van der Waals surface area contributed by atoms with E-state index in [0.717, 1.165) is 10.9 Å². The number of aromatic nitrogens is 1. The van der Waals surface area contributed by atoms with Gasteiger partial charge in [-0.3, -0.25) is 9.69 Å². The molecule has 0 aliphatic heterocycles. The number of aryl methyl sites for hydroxylation is 1. The van der Waals surface area contributed by atoms with Crippen LogP contribution in [-0.2, 0) is 11.3 Å². The molecule has 3 rings (SSSR count). The Bertz CT molecular complexity index is 926. The number of hydrogen-bond acceptors (Lipinski definition) is 2. The van der Waals surface area contributed by atoms with E-state index in [2.05, 4.69) is 4.98 Å². The van der Waals surface area contributed by atoms with Crippen LogP contribution in [0.4, 0.5) is 10.2 Å². The van der Waals surface area contributed by atoms with Gasteiger partial charge in [0.1, 0.15) is 17.5 Å². The van der Waals surface area contributed by atoms with Gasteiger partial charge in [-0.15, -0.1) is 11.6 Å². The predicted octanol–water partition coefficient (Wildman–Crippen LogP) is 5.11. The molecule has 0 saturated heterocycles. The van der Waals surface area contributed by atoms with Crippen molar-refractivity contribution in [3.05, 3.63) is 70.5 Å². The van der Waals surface area contributed by atoms with Crippen molar-refractivity contribution >= 4 is 45.8 Å². The highest BCUT2D eigenvalue weighted by Gasteiger charge is 2.19. The summed E-state index contributed by atoms with van der Waals surface area (Å²) in [5.41, 5.74) is 1.90. The maximum absolute atomic E-state index is 14.2. The van der Waals surface area contributed by atoms with E-state index in [1.165, 1.54) is 11.0 Å². The number of anilines is 1. The van der Waals surface area contributed by atoms with Crippen LogP contribution in [0.3, 0.4) is 0 Å². The van der Waals surface area contributed by atoms with Gasteiger partial charge in [0.15, 0.2) is 0 Å². The minimum absolute atomic E-state index is 0.0656. The number of alkyl halides is 1. The number of carbonyl (C=O) groups is 1. The molecule has 25 heavy (non-hydrogen) atoms. The topological polar surface area (TPSA) is 33.2 Å². The van der Waals surface area contributed by atoms with E-state index in [4.69, 9.17) is 23.2 Å². The quantitative estimate of drug-likeness (QED) is 0.592. The zero-order valence-electron chi connectivity index (χ0n) is 13.5. The monoisotopic (exact) mass is 376 g/mol. The number of fused-ring (bicyclic) bond motifs is 1. The van der Waals surface area contributed by atoms with E-state index in [1.807, 2.05) is 6.07 Å². The van der Waals surface area contributed by atoms with Crippen molar-refractivity contribution in [1.82, 2.24) is 4.98 Å². The molecule has 0 atom stereocenters. The largest absolute Gasteiger partial charge is 0.291 e. The van der Waals surface area contributed by atoms with Crippen molar-refractivity contribution in [2.75, 3.05) is 10.8 Å². The van der Waals surface area contributed by atoms with Crippen molar-refractivity contribution in [1.29, 1.82) is 0 Å². The minimum Gasteiger partial charge on any atom is -0.291 e. The number of amides is 1. The molecule has 0 bridgehead atoms. The lowest BCUT2D eigenvalue weighted by atomic mass is 10.1. The van der Waals surface area contributed by atoms with Crippen LogP contribution in [0.5, 0.6) is 0 Å². The van der Waals surface area contributed by atoms with Crippen LogP contribution in [0.1, 0.15) is 11.1 Å². The lowest BCUT2D eigenvalue weighted by molar-refractivity contribution is -0.116. The van der Waals surface area contributed by atoms with E-state index in [1.54, 1.807) is 43.3 Å². The molecule has 3 nitrogen and oxygen atoms in total. The minimum atomic E-state index is -0.361. The molecule has 0 radical (unpaired) electrons. The summed E-state index contributed by atoms with van der Waals surface area (Å²) >= 11 is 11.7. The van der Waals surface area contributed by atoms with E-state index >= 15 is 0 Å². The van der Waals surface area contributed by atoms with Gasteiger partial charge in [-0.25, -0.2) is 9.37 Å². The van der Waals surface area contributed by atoms with E-state index < -0.39 is 0 Å². The molecular weight excluding hydrogens is 362 g/mol. The van der Waals surface area contributed by atoms with Gasteiger partial charge in [0.2, 0.25) is 5.91 Å². The van der Waals surface area contributed by atoms with Crippen molar-refractivity contribution in [3.8, 4) is 0 Å². The third-order valence-electron chi connectivity index (χ3n) is 4.00. The second-order valence-electron chi connectivity index (χ2n) is 5.66. The first kappa shape index (κ1) is 17.6. The molecule has 1 amide bonds. The van der Waals surface area contributed by atoms with E-state index in [-0.39, 0.29) is 24.1 Å². The Hall–Kier alpha value is -2.17. The van der Waals surface area contributed by atoms with Crippen molar-refractivity contribution in [3.63, 3.8) is 0 Å². The van der Waals surface area contributed by atoms with Crippen LogP contribution < -0.4 is 4.90 Å². The van der Waals surface area contributed by atoms with Crippen LogP contribution in [-0.4, -0.2) is 16.8 Å². The summed E-state index contributed by atoms with van der Waals surface area (Å²) < 4.78 is 14.2. The average Bonchev–Trinajstić information content (AvgIpc) is 2.60. The summed E-state index contributed by atoms with van der Waals surface area (Å²) in [7, 11) is 0. The summed E-state index contributed by atoms with van der Waals surface area (Å²) in [6.45, 7) is 1.87. The summed E-state index contributed by atoms with van der Waals surface area (Å²) in [5, 5.41) is 1.47. The molecule has 1 aromatic heterocycles. The maximum Gasteiger partial charge on any atom is 0.243 e. The molecule has 0 aliphatic carbocycles. The first-order valence-electron chi connectivity index (χ1n) is 7.66. The highest BCUT2D eigenvalue weighted by molar-refractivity contribution is 6.31. The van der Waals surface area contributed by atoms with Gasteiger partial charge in [0.05, 0.1) is 12.1 Å². The van der Waals surface area contributed by atoms with Gasteiger partial charge in [-0.1, -0.05) is 23.7 Å². The molecule has 3 aromatic rings. The predicted molar refractivity (Wildman–Crippen MR) is 99.8 cm³/mol. The SMILES string of the molecule is Cc1cccc(F)c1CN(C(=O)CCl)c1ccc2cc(Cl)ccc2n1. The van der Waals surface area contributed by atoms with Gasteiger partial charge in [0.25, 0.3) is 0 Å². The van der Waals surface area contributed by atoms with Crippen molar-refractivity contribution in [2.45, 2.75) is 13.5 Å². The molecule has 6 heteroatoms. The van der Waals surface area contributed by atoms with E-state index in [9.17, 15) is 9.18 Å². The van der Waals surface area contributed by atoms with Crippen molar-refractivity contribution < 1.29 is 9.18 Å². The molecule has 0 spiro atoms. The Balaban J connectivity index is 2.04. The second-order valence-corrected chi connectivity index (χ2v) is 6.36. The Morgan fingerprint density at radius 1 is 1.20 bits per heavy atom.